The molecule has 2 aromatic rings. The molecular formula is C18H24N4OS. The molecule has 0 unspecified atom stereocenters. The summed E-state index contributed by atoms with van der Waals surface area (Å²) in [5, 5.41) is 4.37. The average molecular weight is 344 g/mol. The second-order valence-electron chi connectivity index (χ2n) is 6.87. The SMILES string of the molecule is O=c1cc(C2CCN(Cc3ccsc3)CC2)nc(N2CCCC2)[nH]1. The third-order valence-electron chi connectivity index (χ3n) is 5.15. The second kappa shape index (κ2) is 7.07. The Labute approximate surface area is 146 Å². The first kappa shape index (κ1) is 15.8. The molecule has 6 heteroatoms. The highest BCUT2D eigenvalue weighted by atomic mass is 32.1. The van der Waals surface area contributed by atoms with E-state index in [4.69, 9.17) is 4.98 Å². The molecule has 1 N–H and O–H groups in total. The molecule has 4 heterocycles. The van der Waals surface area contributed by atoms with Crippen molar-refractivity contribution < 1.29 is 0 Å². The molecule has 2 aliphatic rings. The van der Waals surface area contributed by atoms with Gasteiger partial charge < -0.3 is 4.90 Å². The fourth-order valence-corrected chi connectivity index (χ4v) is 4.44. The topological polar surface area (TPSA) is 52.2 Å². The van der Waals surface area contributed by atoms with Crippen LogP contribution < -0.4 is 10.5 Å². The van der Waals surface area contributed by atoms with E-state index in [-0.39, 0.29) is 5.56 Å². The standard InChI is InChI=1S/C18H24N4OS/c23-17-11-16(19-18(20-17)22-6-1-2-7-22)15-3-8-21(9-4-15)12-14-5-10-24-13-14/h5,10-11,13,15H,1-4,6-9,12H2,(H,19,20,23). The van der Waals surface area contributed by atoms with E-state index in [1.807, 2.05) is 0 Å². The summed E-state index contributed by atoms with van der Waals surface area (Å²) in [6, 6.07) is 3.91. The van der Waals surface area contributed by atoms with Crippen molar-refractivity contribution in [3.8, 4) is 0 Å². The largest absolute Gasteiger partial charge is 0.342 e. The molecule has 0 amide bonds. The zero-order chi connectivity index (χ0) is 16.4. The summed E-state index contributed by atoms with van der Waals surface area (Å²) in [5.41, 5.74) is 2.38. The van der Waals surface area contributed by atoms with Gasteiger partial charge in [-0.2, -0.15) is 11.3 Å². The van der Waals surface area contributed by atoms with E-state index in [9.17, 15) is 4.79 Å². The number of H-pyrrole nitrogens is 1. The number of hydrogen-bond acceptors (Lipinski definition) is 5. The lowest BCUT2D eigenvalue weighted by atomic mass is 9.93. The summed E-state index contributed by atoms with van der Waals surface area (Å²) < 4.78 is 0. The van der Waals surface area contributed by atoms with E-state index < -0.39 is 0 Å². The van der Waals surface area contributed by atoms with E-state index >= 15 is 0 Å². The van der Waals surface area contributed by atoms with Gasteiger partial charge in [-0.15, -0.1) is 0 Å². The number of hydrogen-bond donors (Lipinski definition) is 1. The van der Waals surface area contributed by atoms with Crippen molar-refractivity contribution in [2.75, 3.05) is 31.1 Å². The van der Waals surface area contributed by atoms with Crippen molar-refractivity contribution in [1.29, 1.82) is 0 Å². The monoisotopic (exact) mass is 344 g/mol. The Balaban J connectivity index is 1.42. The molecule has 2 saturated heterocycles. The van der Waals surface area contributed by atoms with Gasteiger partial charge in [0.1, 0.15) is 0 Å². The molecule has 0 spiro atoms. The van der Waals surface area contributed by atoms with Crippen molar-refractivity contribution in [3.05, 3.63) is 44.5 Å². The predicted molar refractivity (Wildman–Crippen MR) is 97.9 cm³/mol. The molecule has 0 aliphatic carbocycles. The molecule has 0 bridgehead atoms. The van der Waals surface area contributed by atoms with Gasteiger partial charge in [-0.05, 0) is 61.2 Å². The molecular weight excluding hydrogens is 320 g/mol. The van der Waals surface area contributed by atoms with E-state index in [2.05, 4.69) is 31.6 Å². The van der Waals surface area contributed by atoms with Crippen molar-refractivity contribution in [2.45, 2.75) is 38.1 Å². The van der Waals surface area contributed by atoms with Crippen LogP contribution in [0.4, 0.5) is 5.95 Å². The molecule has 0 atom stereocenters. The van der Waals surface area contributed by atoms with Crippen LogP contribution >= 0.6 is 11.3 Å². The lowest BCUT2D eigenvalue weighted by molar-refractivity contribution is 0.203. The predicted octanol–water partition coefficient (Wildman–Crippen LogP) is 2.81. The minimum Gasteiger partial charge on any atom is -0.342 e. The summed E-state index contributed by atoms with van der Waals surface area (Å²) in [6.07, 6.45) is 4.55. The van der Waals surface area contributed by atoms with E-state index in [1.165, 1.54) is 18.4 Å². The Kier molecular flexibility index (Phi) is 4.67. The molecule has 2 aliphatic heterocycles. The van der Waals surface area contributed by atoms with Crippen LogP contribution in [0.15, 0.2) is 27.7 Å². The van der Waals surface area contributed by atoms with Gasteiger partial charge in [-0.25, -0.2) is 4.98 Å². The van der Waals surface area contributed by atoms with Crippen molar-refractivity contribution >= 4 is 17.3 Å². The van der Waals surface area contributed by atoms with Crippen molar-refractivity contribution in [1.82, 2.24) is 14.9 Å². The van der Waals surface area contributed by atoms with Gasteiger partial charge in [-0.3, -0.25) is 14.7 Å². The number of rotatable bonds is 4. The molecule has 2 fully saturated rings. The Bertz CT molecular complexity index is 713. The summed E-state index contributed by atoms with van der Waals surface area (Å²) in [7, 11) is 0. The number of piperidine rings is 1. The number of nitrogens with one attached hydrogen (secondary N) is 1. The number of thiophene rings is 1. The van der Waals surface area contributed by atoms with Gasteiger partial charge in [0.05, 0.1) is 5.69 Å². The smallest absolute Gasteiger partial charge is 0.252 e. The van der Waals surface area contributed by atoms with Gasteiger partial charge >= 0.3 is 0 Å². The Hall–Kier alpha value is -1.66. The molecule has 4 rings (SSSR count). The van der Waals surface area contributed by atoms with Crippen LogP contribution in [0.5, 0.6) is 0 Å². The van der Waals surface area contributed by atoms with E-state index in [0.29, 0.717) is 5.92 Å². The zero-order valence-electron chi connectivity index (χ0n) is 13.9. The maximum absolute atomic E-state index is 12.1. The normalized spacial score (nSPS) is 19.9. The lowest BCUT2D eigenvalue weighted by Crippen LogP contribution is -2.33. The number of anilines is 1. The number of likely N-dealkylation sites (tertiary alicyclic amines) is 1. The van der Waals surface area contributed by atoms with Gasteiger partial charge in [-0.1, -0.05) is 0 Å². The Morgan fingerprint density at radius 2 is 2.00 bits per heavy atom. The highest BCUT2D eigenvalue weighted by Gasteiger charge is 2.24. The molecule has 0 saturated carbocycles. The number of aromatic amines is 1. The Morgan fingerprint density at radius 1 is 1.21 bits per heavy atom. The number of nitrogens with zero attached hydrogens (tertiary/aromatic N) is 3. The first-order valence-electron chi connectivity index (χ1n) is 8.87. The highest BCUT2D eigenvalue weighted by Crippen LogP contribution is 2.28. The third kappa shape index (κ3) is 3.54. The summed E-state index contributed by atoms with van der Waals surface area (Å²) >= 11 is 1.76. The molecule has 5 nitrogen and oxygen atoms in total. The van der Waals surface area contributed by atoms with Crippen LogP contribution in [-0.2, 0) is 6.54 Å². The van der Waals surface area contributed by atoms with Gasteiger partial charge in [0.15, 0.2) is 0 Å². The third-order valence-corrected chi connectivity index (χ3v) is 5.88. The first-order valence-corrected chi connectivity index (χ1v) is 9.82. The van der Waals surface area contributed by atoms with E-state index in [0.717, 1.165) is 57.2 Å². The van der Waals surface area contributed by atoms with Gasteiger partial charge in [0, 0.05) is 31.6 Å². The van der Waals surface area contributed by atoms with Crippen LogP contribution in [0, 0.1) is 0 Å². The Morgan fingerprint density at radius 3 is 2.71 bits per heavy atom. The van der Waals surface area contributed by atoms with Crippen LogP contribution in [0.1, 0.15) is 42.9 Å². The van der Waals surface area contributed by atoms with Crippen LogP contribution in [0.2, 0.25) is 0 Å². The fraction of sp³-hybridized carbons (Fsp3) is 0.556. The second-order valence-corrected chi connectivity index (χ2v) is 7.65. The van der Waals surface area contributed by atoms with Crippen LogP contribution in [0.3, 0.4) is 0 Å². The van der Waals surface area contributed by atoms with Crippen LogP contribution in [-0.4, -0.2) is 41.0 Å². The lowest BCUT2D eigenvalue weighted by Gasteiger charge is -2.31. The molecule has 24 heavy (non-hydrogen) atoms. The minimum absolute atomic E-state index is 0.0115. The van der Waals surface area contributed by atoms with Gasteiger partial charge in [0.2, 0.25) is 5.95 Å². The quantitative estimate of drug-likeness (QED) is 0.927. The molecule has 0 aromatic carbocycles. The fourth-order valence-electron chi connectivity index (χ4n) is 3.78. The summed E-state index contributed by atoms with van der Waals surface area (Å²) in [4.78, 5) is 24.5. The van der Waals surface area contributed by atoms with Crippen molar-refractivity contribution in [2.24, 2.45) is 0 Å². The number of aromatic nitrogens is 2. The average Bonchev–Trinajstić information content (AvgIpc) is 3.29. The first-order chi connectivity index (χ1) is 11.8. The molecule has 0 radical (unpaired) electrons. The van der Waals surface area contributed by atoms with Crippen molar-refractivity contribution in [3.63, 3.8) is 0 Å². The maximum Gasteiger partial charge on any atom is 0.252 e. The van der Waals surface area contributed by atoms with Gasteiger partial charge in [0.25, 0.3) is 5.56 Å². The van der Waals surface area contributed by atoms with E-state index in [1.54, 1.807) is 17.4 Å². The highest BCUT2D eigenvalue weighted by molar-refractivity contribution is 7.07. The minimum atomic E-state index is -0.0115. The molecule has 128 valence electrons. The summed E-state index contributed by atoms with van der Waals surface area (Å²) in [5.74, 6) is 1.18. The zero-order valence-corrected chi connectivity index (χ0v) is 14.7. The molecule has 2 aromatic heterocycles. The van der Waals surface area contributed by atoms with Crippen LogP contribution in [0.25, 0.3) is 0 Å². The maximum atomic E-state index is 12.1. The summed E-state index contributed by atoms with van der Waals surface area (Å²) in [6.45, 7) is 5.21.